The van der Waals surface area contributed by atoms with Crippen molar-refractivity contribution in [3.8, 4) is 0 Å². The second-order valence-electron chi connectivity index (χ2n) is 6.28. The SMILES string of the molecule is CC(C)(C)[C@H](NC(=O)C(N)CCc1ccccc1)C(=O)O. The lowest BCUT2D eigenvalue weighted by Crippen LogP contribution is -2.53. The number of carboxylic acid groups (broad SMARTS) is 1. The molecule has 1 unspecified atom stereocenters. The van der Waals surface area contributed by atoms with Crippen LogP contribution in [0.25, 0.3) is 0 Å². The third-order valence-electron chi connectivity index (χ3n) is 3.32. The van der Waals surface area contributed by atoms with Crippen molar-refractivity contribution < 1.29 is 14.7 Å². The van der Waals surface area contributed by atoms with E-state index in [4.69, 9.17) is 5.73 Å². The van der Waals surface area contributed by atoms with Crippen molar-refractivity contribution in [1.82, 2.24) is 5.32 Å². The minimum absolute atomic E-state index is 0.423. The maximum atomic E-state index is 12.0. The maximum absolute atomic E-state index is 12.0. The molecule has 0 aliphatic carbocycles. The summed E-state index contributed by atoms with van der Waals surface area (Å²) in [4.78, 5) is 23.3. The van der Waals surface area contributed by atoms with Crippen LogP contribution in [0.1, 0.15) is 32.8 Å². The van der Waals surface area contributed by atoms with Gasteiger partial charge >= 0.3 is 5.97 Å². The Kier molecular flexibility index (Phi) is 5.90. The summed E-state index contributed by atoms with van der Waals surface area (Å²) >= 11 is 0. The highest BCUT2D eigenvalue weighted by Gasteiger charge is 2.33. The number of nitrogens with two attached hydrogens (primary N) is 1. The van der Waals surface area contributed by atoms with Crippen LogP contribution in [0, 0.1) is 5.41 Å². The Balaban J connectivity index is 2.56. The summed E-state index contributed by atoms with van der Waals surface area (Å²) in [5, 5.41) is 11.7. The molecule has 1 aromatic rings. The number of amides is 1. The van der Waals surface area contributed by atoms with Gasteiger partial charge in [0.1, 0.15) is 6.04 Å². The Morgan fingerprint density at radius 3 is 2.29 bits per heavy atom. The average molecular weight is 292 g/mol. The molecule has 0 heterocycles. The molecule has 2 atom stereocenters. The lowest BCUT2D eigenvalue weighted by molar-refractivity contribution is -0.145. The van der Waals surface area contributed by atoms with E-state index in [0.29, 0.717) is 12.8 Å². The summed E-state index contributed by atoms with van der Waals surface area (Å²) < 4.78 is 0. The molecular formula is C16H24N2O3. The van der Waals surface area contributed by atoms with E-state index in [2.05, 4.69) is 5.32 Å². The van der Waals surface area contributed by atoms with Crippen LogP contribution in [-0.2, 0) is 16.0 Å². The van der Waals surface area contributed by atoms with Crippen molar-refractivity contribution in [3.63, 3.8) is 0 Å². The molecule has 4 N–H and O–H groups in total. The number of aryl methyl sites for hydroxylation is 1. The number of hydrogen-bond acceptors (Lipinski definition) is 3. The first-order valence-electron chi connectivity index (χ1n) is 7.04. The number of benzene rings is 1. The van der Waals surface area contributed by atoms with Crippen molar-refractivity contribution in [2.24, 2.45) is 11.1 Å². The second-order valence-corrected chi connectivity index (χ2v) is 6.28. The molecule has 0 aliphatic heterocycles. The minimum Gasteiger partial charge on any atom is -0.480 e. The first-order chi connectivity index (χ1) is 9.71. The Bertz CT molecular complexity index is 480. The van der Waals surface area contributed by atoms with Crippen LogP contribution in [0.4, 0.5) is 0 Å². The molecule has 5 nitrogen and oxygen atoms in total. The topological polar surface area (TPSA) is 92.4 Å². The van der Waals surface area contributed by atoms with E-state index in [1.54, 1.807) is 20.8 Å². The van der Waals surface area contributed by atoms with Crippen molar-refractivity contribution >= 4 is 11.9 Å². The first-order valence-corrected chi connectivity index (χ1v) is 7.04. The van der Waals surface area contributed by atoms with E-state index in [1.165, 1.54) is 0 Å². The van der Waals surface area contributed by atoms with E-state index < -0.39 is 29.4 Å². The number of carbonyl (C=O) groups is 2. The van der Waals surface area contributed by atoms with Gasteiger partial charge in [0.15, 0.2) is 0 Å². The highest BCUT2D eigenvalue weighted by atomic mass is 16.4. The zero-order valence-electron chi connectivity index (χ0n) is 12.8. The van der Waals surface area contributed by atoms with Crippen LogP contribution < -0.4 is 11.1 Å². The lowest BCUT2D eigenvalue weighted by atomic mass is 9.86. The molecule has 0 saturated carbocycles. The predicted molar refractivity (Wildman–Crippen MR) is 81.8 cm³/mol. The third kappa shape index (κ3) is 5.55. The number of carbonyl (C=O) groups excluding carboxylic acids is 1. The molecule has 0 saturated heterocycles. The summed E-state index contributed by atoms with van der Waals surface area (Å²) in [7, 11) is 0. The fourth-order valence-corrected chi connectivity index (χ4v) is 2.00. The molecule has 1 amide bonds. The van der Waals surface area contributed by atoms with Gasteiger partial charge < -0.3 is 16.2 Å². The Morgan fingerprint density at radius 1 is 1.24 bits per heavy atom. The zero-order chi connectivity index (χ0) is 16.0. The monoisotopic (exact) mass is 292 g/mol. The van der Waals surface area contributed by atoms with Crippen LogP contribution in [0.2, 0.25) is 0 Å². The van der Waals surface area contributed by atoms with Gasteiger partial charge in [-0.2, -0.15) is 0 Å². The Hall–Kier alpha value is -1.88. The molecule has 0 spiro atoms. The highest BCUT2D eigenvalue weighted by molar-refractivity contribution is 5.87. The average Bonchev–Trinajstić information content (AvgIpc) is 2.41. The van der Waals surface area contributed by atoms with Gasteiger partial charge in [0.25, 0.3) is 0 Å². The molecule has 0 fully saturated rings. The summed E-state index contributed by atoms with van der Waals surface area (Å²) in [6.07, 6.45) is 1.16. The van der Waals surface area contributed by atoms with E-state index in [0.717, 1.165) is 5.56 Å². The molecule has 0 aliphatic rings. The van der Waals surface area contributed by atoms with Crippen LogP contribution in [0.3, 0.4) is 0 Å². The number of rotatable bonds is 6. The van der Waals surface area contributed by atoms with Gasteiger partial charge in [0.2, 0.25) is 5.91 Å². The standard InChI is InChI=1S/C16H24N2O3/c1-16(2,3)13(15(20)21)18-14(19)12(17)10-9-11-7-5-4-6-8-11/h4-8,12-13H,9-10,17H2,1-3H3,(H,18,19)(H,20,21)/t12?,13-/m1/s1. The number of hydrogen-bond donors (Lipinski definition) is 3. The molecule has 21 heavy (non-hydrogen) atoms. The number of nitrogens with one attached hydrogen (secondary N) is 1. The van der Waals surface area contributed by atoms with Gasteiger partial charge in [-0.25, -0.2) is 4.79 Å². The van der Waals surface area contributed by atoms with Crippen LogP contribution in [0.15, 0.2) is 30.3 Å². The third-order valence-corrected chi connectivity index (χ3v) is 3.32. The molecule has 0 aromatic heterocycles. The van der Waals surface area contributed by atoms with Gasteiger partial charge in [-0.05, 0) is 23.8 Å². The van der Waals surface area contributed by atoms with Crippen molar-refractivity contribution in [1.29, 1.82) is 0 Å². The van der Waals surface area contributed by atoms with Crippen molar-refractivity contribution in [2.75, 3.05) is 0 Å². The molecule has 116 valence electrons. The highest BCUT2D eigenvalue weighted by Crippen LogP contribution is 2.19. The van der Waals surface area contributed by atoms with Crippen LogP contribution >= 0.6 is 0 Å². The van der Waals surface area contributed by atoms with E-state index >= 15 is 0 Å². The van der Waals surface area contributed by atoms with E-state index in [-0.39, 0.29) is 0 Å². The first kappa shape index (κ1) is 17.2. The van der Waals surface area contributed by atoms with Gasteiger partial charge in [0.05, 0.1) is 6.04 Å². The zero-order valence-corrected chi connectivity index (χ0v) is 12.8. The fraction of sp³-hybridized carbons (Fsp3) is 0.500. The quantitative estimate of drug-likeness (QED) is 0.742. The molecule has 1 rings (SSSR count). The summed E-state index contributed by atoms with van der Waals surface area (Å²) in [5.41, 5.74) is 6.39. The Morgan fingerprint density at radius 2 is 1.81 bits per heavy atom. The molecule has 0 bridgehead atoms. The van der Waals surface area contributed by atoms with E-state index in [1.807, 2.05) is 30.3 Å². The van der Waals surface area contributed by atoms with Crippen LogP contribution in [-0.4, -0.2) is 29.1 Å². The summed E-state index contributed by atoms with van der Waals surface area (Å²) in [6.45, 7) is 5.30. The van der Waals surface area contributed by atoms with Gasteiger partial charge in [-0.1, -0.05) is 51.1 Å². The predicted octanol–water partition coefficient (Wildman–Crippen LogP) is 1.56. The van der Waals surface area contributed by atoms with Gasteiger partial charge in [-0.3, -0.25) is 4.79 Å². The van der Waals surface area contributed by atoms with Crippen LogP contribution in [0.5, 0.6) is 0 Å². The lowest BCUT2D eigenvalue weighted by Gasteiger charge is -2.28. The van der Waals surface area contributed by atoms with Gasteiger partial charge in [-0.15, -0.1) is 0 Å². The molecular weight excluding hydrogens is 268 g/mol. The largest absolute Gasteiger partial charge is 0.480 e. The maximum Gasteiger partial charge on any atom is 0.326 e. The van der Waals surface area contributed by atoms with Crippen molar-refractivity contribution in [2.45, 2.75) is 45.7 Å². The Labute approximate surface area is 125 Å². The number of carboxylic acids is 1. The minimum atomic E-state index is -1.05. The molecule has 0 radical (unpaired) electrons. The fourth-order valence-electron chi connectivity index (χ4n) is 2.00. The number of aliphatic carboxylic acids is 1. The second kappa shape index (κ2) is 7.22. The summed E-state index contributed by atoms with van der Waals surface area (Å²) in [6, 6.07) is 8.07. The molecule has 5 heteroatoms. The van der Waals surface area contributed by atoms with E-state index in [9.17, 15) is 14.7 Å². The van der Waals surface area contributed by atoms with Crippen molar-refractivity contribution in [3.05, 3.63) is 35.9 Å². The summed E-state index contributed by atoms with van der Waals surface area (Å²) in [5.74, 6) is -1.47. The molecule has 1 aromatic carbocycles. The van der Waals surface area contributed by atoms with Gasteiger partial charge in [0, 0.05) is 0 Å². The normalized spacial score (nSPS) is 14.3. The smallest absolute Gasteiger partial charge is 0.326 e.